The molecule has 1 aromatic rings. The molecule has 21 heavy (non-hydrogen) atoms. The summed E-state index contributed by atoms with van der Waals surface area (Å²) < 4.78 is 31.5. The molecule has 0 amide bonds. The third-order valence-corrected chi connectivity index (χ3v) is 5.73. The van der Waals surface area contributed by atoms with Crippen molar-refractivity contribution in [1.82, 2.24) is 9.62 Å². The molecule has 1 N–H and O–H groups in total. The van der Waals surface area contributed by atoms with Gasteiger partial charge in [-0.3, -0.25) is 0 Å². The van der Waals surface area contributed by atoms with Crippen LogP contribution >= 0.6 is 0 Å². The maximum absolute atomic E-state index is 12.7. The first-order valence-electron chi connectivity index (χ1n) is 6.85. The van der Waals surface area contributed by atoms with E-state index in [1.807, 2.05) is 7.05 Å². The molecule has 0 atom stereocenters. The largest absolute Gasteiger partial charge is 0.465 e. The minimum Gasteiger partial charge on any atom is -0.465 e. The zero-order valence-corrected chi connectivity index (χ0v) is 13.0. The smallest absolute Gasteiger partial charge is 0.339 e. The first-order chi connectivity index (χ1) is 10.0. The van der Waals surface area contributed by atoms with Crippen LogP contribution in [0.3, 0.4) is 0 Å². The van der Waals surface area contributed by atoms with Crippen molar-refractivity contribution < 1.29 is 17.9 Å². The van der Waals surface area contributed by atoms with E-state index in [-0.39, 0.29) is 10.5 Å². The van der Waals surface area contributed by atoms with E-state index >= 15 is 0 Å². The number of rotatable bonds is 4. The Hall–Kier alpha value is -1.44. The molecule has 1 aliphatic heterocycles. The molecule has 1 fully saturated rings. The maximum atomic E-state index is 12.7. The molecule has 1 aromatic carbocycles. The van der Waals surface area contributed by atoms with Crippen LogP contribution in [0.15, 0.2) is 29.2 Å². The maximum Gasteiger partial charge on any atom is 0.339 e. The third-order valence-electron chi connectivity index (χ3n) is 3.77. The summed E-state index contributed by atoms with van der Waals surface area (Å²) in [5, 5.41) is 3.16. The van der Waals surface area contributed by atoms with E-state index in [9.17, 15) is 13.2 Å². The molecule has 0 aliphatic carbocycles. The second kappa shape index (κ2) is 6.55. The van der Waals surface area contributed by atoms with Gasteiger partial charge in [0, 0.05) is 19.1 Å². The number of hydrogen-bond donors (Lipinski definition) is 1. The summed E-state index contributed by atoms with van der Waals surface area (Å²) in [6.07, 6.45) is 1.52. The number of carbonyl (C=O) groups is 1. The fraction of sp³-hybridized carbons (Fsp3) is 0.500. The van der Waals surface area contributed by atoms with E-state index in [2.05, 4.69) is 10.1 Å². The Balaban J connectivity index is 2.31. The van der Waals surface area contributed by atoms with Crippen molar-refractivity contribution in [3.63, 3.8) is 0 Å². The average molecular weight is 312 g/mol. The van der Waals surface area contributed by atoms with Gasteiger partial charge in [-0.25, -0.2) is 13.2 Å². The number of hydrogen-bond acceptors (Lipinski definition) is 5. The van der Waals surface area contributed by atoms with Gasteiger partial charge >= 0.3 is 5.97 Å². The van der Waals surface area contributed by atoms with Gasteiger partial charge in [-0.2, -0.15) is 4.31 Å². The van der Waals surface area contributed by atoms with Crippen molar-refractivity contribution in [1.29, 1.82) is 0 Å². The van der Waals surface area contributed by atoms with Crippen molar-refractivity contribution in [3.05, 3.63) is 29.8 Å². The van der Waals surface area contributed by atoms with E-state index in [4.69, 9.17) is 0 Å². The molecule has 0 radical (unpaired) electrons. The average Bonchev–Trinajstić information content (AvgIpc) is 2.54. The lowest BCUT2D eigenvalue weighted by Crippen LogP contribution is -2.44. The Bertz CT molecular complexity index is 607. The summed E-state index contributed by atoms with van der Waals surface area (Å²) in [5.74, 6) is -0.640. The summed E-state index contributed by atoms with van der Waals surface area (Å²) >= 11 is 0. The summed E-state index contributed by atoms with van der Waals surface area (Å²) in [6, 6.07) is 6.50. The van der Waals surface area contributed by atoms with Crippen LogP contribution in [-0.2, 0) is 14.8 Å². The van der Waals surface area contributed by atoms with Gasteiger partial charge in [-0.1, -0.05) is 12.1 Å². The Morgan fingerprint density at radius 2 is 1.90 bits per heavy atom. The number of ether oxygens (including phenoxy) is 1. The molecule has 0 saturated carbocycles. The lowest BCUT2D eigenvalue weighted by atomic mass is 10.1. The molecule has 1 saturated heterocycles. The first-order valence-corrected chi connectivity index (χ1v) is 8.29. The topological polar surface area (TPSA) is 75.7 Å². The fourth-order valence-electron chi connectivity index (χ4n) is 2.49. The number of sulfonamides is 1. The quantitative estimate of drug-likeness (QED) is 0.834. The highest BCUT2D eigenvalue weighted by molar-refractivity contribution is 7.89. The van der Waals surface area contributed by atoms with Crippen LogP contribution in [0.1, 0.15) is 23.2 Å². The fourth-order valence-corrected chi connectivity index (χ4v) is 4.14. The van der Waals surface area contributed by atoms with Crippen molar-refractivity contribution in [2.45, 2.75) is 23.8 Å². The number of carbonyl (C=O) groups excluding carboxylic acids is 1. The number of benzene rings is 1. The number of nitrogens with one attached hydrogen (secondary N) is 1. The van der Waals surface area contributed by atoms with E-state index in [0.717, 1.165) is 12.8 Å². The molecule has 116 valence electrons. The molecular weight excluding hydrogens is 292 g/mol. The van der Waals surface area contributed by atoms with Crippen LogP contribution in [0, 0.1) is 0 Å². The summed E-state index contributed by atoms with van der Waals surface area (Å²) in [7, 11) is -0.558. The van der Waals surface area contributed by atoms with E-state index < -0.39 is 16.0 Å². The summed E-state index contributed by atoms with van der Waals surface area (Å²) in [6.45, 7) is 0.896. The highest BCUT2D eigenvalue weighted by Gasteiger charge is 2.31. The van der Waals surface area contributed by atoms with Crippen molar-refractivity contribution in [2.75, 3.05) is 27.2 Å². The Morgan fingerprint density at radius 1 is 1.29 bits per heavy atom. The molecule has 0 spiro atoms. The zero-order chi connectivity index (χ0) is 15.5. The molecular formula is C14H20N2O4S. The summed E-state index contributed by atoms with van der Waals surface area (Å²) in [4.78, 5) is 11.8. The van der Waals surface area contributed by atoms with Gasteiger partial charge in [0.2, 0.25) is 10.0 Å². The predicted molar refractivity (Wildman–Crippen MR) is 78.6 cm³/mol. The van der Waals surface area contributed by atoms with Crippen LogP contribution in [0.4, 0.5) is 0 Å². The van der Waals surface area contributed by atoms with Crippen LogP contribution in [0.5, 0.6) is 0 Å². The first kappa shape index (κ1) is 15.9. The van der Waals surface area contributed by atoms with Gasteiger partial charge in [0.05, 0.1) is 17.6 Å². The van der Waals surface area contributed by atoms with Gasteiger partial charge in [0.25, 0.3) is 0 Å². The minimum atomic E-state index is -3.67. The molecule has 6 nitrogen and oxygen atoms in total. The molecule has 7 heteroatoms. The van der Waals surface area contributed by atoms with Crippen LogP contribution < -0.4 is 5.32 Å². The molecule has 1 aliphatic rings. The predicted octanol–water partition coefficient (Wildman–Crippen LogP) is 0.846. The van der Waals surface area contributed by atoms with E-state index in [1.165, 1.54) is 23.5 Å². The monoisotopic (exact) mass is 312 g/mol. The van der Waals surface area contributed by atoms with Gasteiger partial charge in [-0.05, 0) is 32.0 Å². The molecule has 0 unspecified atom stereocenters. The standard InChI is InChI=1S/C14H20N2O4S/c1-15-11-7-9-16(10-8-11)21(18,19)13-6-4-3-5-12(13)14(17)20-2/h3-6,11,15H,7-10H2,1-2H3. The second-order valence-electron chi connectivity index (χ2n) is 4.95. The number of esters is 1. The van der Waals surface area contributed by atoms with Crippen LogP contribution in [0.2, 0.25) is 0 Å². The van der Waals surface area contributed by atoms with E-state index in [1.54, 1.807) is 12.1 Å². The minimum absolute atomic E-state index is 0.0137. The molecule has 1 heterocycles. The third kappa shape index (κ3) is 3.25. The van der Waals surface area contributed by atoms with Crippen molar-refractivity contribution in [2.24, 2.45) is 0 Å². The van der Waals surface area contributed by atoms with Gasteiger partial charge < -0.3 is 10.1 Å². The Labute approximate surface area is 125 Å². The number of nitrogens with zero attached hydrogens (tertiary/aromatic N) is 1. The van der Waals surface area contributed by atoms with Gasteiger partial charge in [-0.15, -0.1) is 0 Å². The van der Waals surface area contributed by atoms with Crippen LogP contribution in [-0.4, -0.2) is 52.0 Å². The lowest BCUT2D eigenvalue weighted by Gasteiger charge is -2.31. The van der Waals surface area contributed by atoms with E-state index in [0.29, 0.717) is 19.1 Å². The van der Waals surface area contributed by atoms with Crippen LogP contribution in [0.25, 0.3) is 0 Å². The highest BCUT2D eigenvalue weighted by Crippen LogP contribution is 2.24. The molecule has 0 bridgehead atoms. The Morgan fingerprint density at radius 3 is 2.48 bits per heavy atom. The Kier molecular flexibility index (Phi) is 4.97. The highest BCUT2D eigenvalue weighted by atomic mass is 32.2. The molecule has 2 rings (SSSR count). The SMILES string of the molecule is CNC1CCN(S(=O)(=O)c2ccccc2C(=O)OC)CC1. The zero-order valence-electron chi connectivity index (χ0n) is 12.2. The van der Waals surface area contributed by atoms with Crippen molar-refractivity contribution >= 4 is 16.0 Å². The second-order valence-corrected chi connectivity index (χ2v) is 6.86. The normalized spacial score (nSPS) is 17.6. The number of methoxy groups -OCH3 is 1. The molecule has 0 aromatic heterocycles. The lowest BCUT2D eigenvalue weighted by molar-refractivity contribution is 0.0596. The van der Waals surface area contributed by atoms with Crippen molar-refractivity contribution in [3.8, 4) is 0 Å². The van der Waals surface area contributed by atoms with Gasteiger partial charge in [0.1, 0.15) is 0 Å². The summed E-state index contributed by atoms with van der Waals surface area (Å²) in [5.41, 5.74) is 0.0794. The number of piperidine rings is 1. The van der Waals surface area contributed by atoms with Gasteiger partial charge in [0.15, 0.2) is 0 Å².